The quantitative estimate of drug-likeness (QED) is 0.790. The van der Waals surface area contributed by atoms with E-state index >= 15 is 0 Å². The molecule has 0 unspecified atom stereocenters. The highest BCUT2D eigenvalue weighted by atomic mass is 35.5. The summed E-state index contributed by atoms with van der Waals surface area (Å²) in [7, 11) is 0. The molecule has 0 spiro atoms. The lowest BCUT2D eigenvalue weighted by Crippen LogP contribution is -2.06. The SMILES string of the molecule is CCC(C(=O)O)=C1c2ccccc2C=C(Cl)c2ccccc21. The minimum Gasteiger partial charge on any atom is -0.478 e. The molecule has 0 saturated carbocycles. The van der Waals surface area contributed by atoms with E-state index in [2.05, 4.69) is 0 Å². The van der Waals surface area contributed by atoms with Gasteiger partial charge >= 0.3 is 5.97 Å². The van der Waals surface area contributed by atoms with E-state index in [0.717, 1.165) is 27.8 Å². The van der Waals surface area contributed by atoms with Crippen LogP contribution in [0.1, 0.15) is 35.6 Å². The van der Waals surface area contributed by atoms with Gasteiger partial charge in [-0.1, -0.05) is 67.1 Å². The van der Waals surface area contributed by atoms with Gasteiger partial charge in [0.05, 0.1) is 0 Å². The van der Waals surface area contributed by atoms with E-state index in [4.69, 9.17) is 11.6 Å². The molecule has 0 atom stereocenters. The molecule has 0 heterocycles. The van der Waals surface area contributed by atoms with Crippen LogP contribution in [-0.4, -0.2) is 11.1 Å². The van der Waals surface area contributed by atoms with E-state index in [0.29, 0.717) is 17.0 Å². The van der Waals surface area contributed by atoms with Crippen LogP contribution in [-0.2, 0) is 4.79 Å². The number of carbonyl (C=O) groups is 1. The molecule has 1 aliphatic carbocycles. The van der Waals surface area contributed by atoms with Gasteiger partial charge < -0.3 is 5.11 Å². The summed E-state index contributed by atoms with van der Waals surface area (Å²) in [5.41, 5.74) is 4.74. The zero-order valence-corrected chi connectivity index (χ0v) is 12.9. The Morgan fingerprint density at radius 3 is 2.23 bits per heavy atom. The number of rotatable bonds is 2. The van der Waals surface area contributed by atoms with Gasteiger partial charge in [0.2, 0.25) is 0 Å². The molecule has 1 N–H and O–H groups in total. The van der Waals surface area contributed by atoms with E-state index in [9.17, 15) is 9.90 Å². The topological polar surface area (TPSA) is 37.3 Å². The van der Waals surface area contributed by atoms with Crippen molar-refractivity contribution in [2.75, 3.05) is 0 Å². The van der Waals surface area contributed by atoms with Crippen LogP contribution in [0.4, 0.5) is 0 Å². The highest BCUT2D eigenvalue weighted by molar-refractivity contribution is 6.52. The Morgan fingerprint density at radius 2 is 1.59 bits per heavy atom. The first-order valence-electron chi connectivity index (χ1n) is 7.16. The van der Waals surface area contributed by atoms with E-state index in [-0.39, 0.29) is 0 Å². The van der Waals surface area contributed by atoms with Gasteiger partial charge in [-0.15, -0.1) is 0 Å². The molecule has 1 aliphatic rings. The Kier molecular flexibility index (Phi) is 3.86. The third kappa shape index (κ3) is 2.36. The van der Waals surface area contributed by atoms with E-state index < -0.39 is 5.97 Å². The Balaban J connectivity index is 2.47. The molecule has 2 aromatic carbocycles. The van der Waals surface area contributed by atoms with Crippen LogP contribution in [0.3, 0.4) is 0 Å². The van der Waals surface area contributed by atoms with Crippen LogP contribution in [0.5, 0.6) is 0 Å². The number of carboxylic acids is 1. The molecule has 0 aromatic heterocycles. The predicted molar refractivity (Wildman–Crippen MR) is 90.6 cm³/mol. The summed E-state index contributed by atoms with van der Waals surface area (Å²) in [5, 5.41) is 10.3. The van der Waals surface area contributed by atoms with Gasteiger partial charge in [0, 0.05) is 21.7 Å². The zero-order chi connectivity index (χ0) is 15.7. The molecule has 0 aliphatic heterocycles. The Bertz CT molecular complexity index is 816. The zero-order valence-electron chi connectivity index (χ0n) is 12.1. The Morgan fingerprint density at radius 1 is 1.00 bits per heavy atom. The number of halogens is 1. The van der Waals surface area contributed by atoms with Gasteiger partial charge in [0.25, 0.3) is 0 Å². The number of fused-ring (bicyclic) bond motifs is 2. The normalized spacial score (nSPS) is 15.3. The molecule has 3 heteroatoms. The predicted octanol–water partition coefficient (Wildman–Crippen LogP) is 5.03. The summed E-state index contributed by atoms with van der Waals surface area (Å²) in [4.78, 5) is 11.7. The van der Waals surface area contributed by atoms with Crippen LogP contribution < -0.4 is 0 Å². The summed E-state index contributed by atoms with van der Waals surface area (Å²) >= 11 is 6.46. The molecule has 110 valence electrons. The van der Waals surface area contributed by atoms with E-state index in [1.807, 2.05) is 61.5 Å². The molecular weight excluding hydrogens is 296 g/mol. The maximum Gasteiger partial charge on any atom is 0.332 e. The molecule has 2 nitrogen and oxygen atoms in total. The van der Waals surface area contributed by atoms with Gasteiger partial charge in [-0.2, -0.15) is 0 Å². The van der Waals surface area contributed by atoms with Crippen molar-refractivity contribution in [2.24, 2.45) is 0 Å². The van der Waals surface area contributed by atoms with Crippen LogP contribution in [0.25, 0.3) is 16.7 Å². The second-order valence-corrected chi connectivity index (χ2v) is 5.54. The number of benzene rings is 2. The highest BCUT2D eigenvalue weighted by Crippen LogP contribution is 2.40. The standard InChI is InChI=1S/C19H15ClO2/c1-2-13(19(21)22)18-14-8-4-3-7-12(14)11-17(20)15-9-5-6-10-16(15)18/h3-11H,2H2,1H3,(H,21,22). The summed E-state index contributed by atoms with van der Waals surface area (Å²) in [5.74, 6) is -0.889. The fourth-order valence-electron chi connectivity index (χ4n) is 2.88. The molecule has 0 fully saturated rings. The fraction of sp³-hybridized carbons (Fsp3) is 0.105. The minimum absolute atomic E-state index is 0.402. The first-order valence-corrected chi connectivity index (χ1v) is 7.54. The van der Waals surface area contributed by atoms with Crippen LogP contribution in [0, 0.1) is 0 Å². The van der Waals surface area contributed by atoms with E-state index in [1.165, 1.54) is 0 Å². The second kappa shape index (κ2) is 5.82. The number of carboxylic acid groups (broad SMARTS) is 1. The van der Waals surface area contributed by atoms with Gasteiger partial charge in [0.1, 0.15) is 0 Å². The molecule has 3 rings (SSSR count). The van der Waals surface area contributed by atoms with Crippen molar-refractivity contribution in [2.45, 2.75) is 13.3 Å². The highest BCUT2D eigenvalue weighted by Gasteiger charge is 2.23. The van der Waals surface area contributed by atoms with Gasteiger partial charge in [-0.25, -0.2) is 4.79 Å². The van der Waals surface area contributed by atoms with Crippen LogP contribution >= 0.6 is 11.6 Å². The average molecular weight is 311 g/mol. The summed E-state index contributed by atoms with van der Waals surface area (Å²) in [6.07, 6.45) is 2.35. The van der Waals surface area contributed by atoms with E-state index in [1.54, 1.807) is 0 Å². The third-order valence-corrected chi connectivity index (χ3v) is 4.19. The lowest BCUT2D eigenvalue weighted by Gasteiger charge is -2.15. The van der Waals surface area contributed by atoms with Crippen LogP contribution in [0.2, 0.25) is 0 Å². The van der Waals surface area contributed by atoms with Crippen molar-refractivity contribution in [1.29, 1.82) is 0 Å². The van der Waals surface area contributed by atoms with Crippen molar-refractivity contribution in [3.8, 4) is 0 Å². The van der Waals surface area contributed by atoms with Gasteiger partial charge in [-0.05, 0) is 29.2 Å². The summed E-state index contributed by atoms with van der Waals surface area (Å²) < 4.78 is 0. The van der Waals surface area contributed by atoms with Crippen LogP contribution in [0.15, 0.2) is 54.1 Å². The molecule has 0 radical (unpaired) electrons. The summed E-state index contributed by atoms with van der Waals surface area (Å²) in [6, 6.07) is 15.4. The maximum absolute atomic E-state index is 11.7. The molecule has 2 aromatic rings. The molecule has 0 saturated heterocycles. The number of aliphatic carboxylic acids is 1. The fourth-order valence-corrected chi connectivity index (χ4v) is 3.16. The monoisotopic (exact) mass is 310 g/mol. The van der Waals surface area contributed by atoms with Crippen molar-refractivity contribution >= 4 is 34.3 Å². The number of hydrogen-bond donors (Lipinski definition) is 1. The lowest BCUT2D eigenvalue weighted by molar-refractivity contribution is -0.132. The molecule has 0 bridgehead atoms. The Labute approximate surface area is 134 Å². The molecular formula is C19H15ClO2. The van der Waals surface area contributed by atoms with Crippen molar-refractivity contribution in [1.82, 2.24) is 0 Å². The smallest absolute Gasteiger partial charge is 0.332 e. The molecule has 22 heavy (non-hydrogen) atoms. The average Bonchev–Trinajstić information content (AvgIpc) is 2.64. The Hall–Kier alpha value is -2.32. The second-order valence-electron chi connectivity index (χ2n) is 5.14. The largest absolute Gasteiger partial charge is 0.478 e. The minimum atomic E-state index is -0.889. The third-order valence-electron chi connectivity index (χ3n) is 3.88. The van der Waals surface area contributed by atoms with Crippen molar-refractivity contribution in [3.63, 3.8) is 0 Å². The lowest BCUT2D eigenvalue weighted by atomic mass is 9.88. The molecule has 0 amide bonds. The van der Waals surface area contributed by atoms with Crippen molar-refractivity contribution in [3.05, 3.63) is 76.4 Å². The first-order chi connectivity index (χ1) is 10.6. The number of hydrogen-bond acceptors (Lipinski definition) is 1. The summed E-state index contributed by atoms with van der Waals surface area (Å²) in [6.45, 7) is 1.86. The van der Waals surface area contributed by atoms with Gasteiger partial charge in [-0.3, -0.25) is 0 Å². The van der Waals surface area contributed by atoms with Gasteiger partial charge in [0.15, 0.2) is 0 Å². The van der Waals surface area contributed by atoms with Crippen molar-refractivity contribution < 1.29 is 9.90 Å². The first kappa shape index (κ1) is 14.6. The maximum atomic E-state index is 11.7.